The molecule has 0 aromatic carbocycles. The van der Waals surface area contributed by atoms with Crippen LogP contribution in [0.1, 0.15) is 33.1 Å². The second-order valence-electron chi connectivity index (χ2n) is 5.70. The third kappa shape index (κ3) is 3.94. The lowest BCUT2D eigenvalue weighted by atomic mass is 9.95. The van der Waals surface area contributed by atoms with Gasteiger partial charge in [0, 0.05) is 12.6 Å². The fraction of sp³-hybridized carbons (Fsp3) is 1.00. The van der Waals surface area contributed by atoms with E-state index in [-0.39, 0.29) is 0 Å². The quantitative estimate of drug-likeness (QED) is 0.792. The van der Waals surface area contributed by atoms with Gasteiger partial charge in [0.2, 0.25) is 0 Å². The molecule has 2 unspecified atom stereocenters. The molecule has 0 spiro atoms. The average Bonchev–Trinajstić information content (AvgIpc) is 2.90. The number of rotatable bonds is 5. The molecule has 3 heteroatoms. The highest BCUT2D eigenvalue weighted by atomic mass is 16.5. The minimum absolute atomic E-state index is 0.627. The van der Waals surface area contributed by atoms with Crippen molar-refractivity contribution in [3.63, 3.8) is 0 Å². The van der Waals surface area contributed by atoms with Crippen LogP contribution >= 0.6 is 0 Å². The number of hydrogen-bond acceptors (Lipinski definition) is 3. The molecular weight excluding hydrogens is 212 g/mol. The van der Waals surface area contributed by atoms with Gasteiger partial charge in [-0.1, -0.05) is 6.92 Å². The lowest BCUT2D eigenvalue weighted by molar-refractivity contribution is 0.170. The molecule has 2 fully saturated rings. The standard InChI is InChI=1S/C14H28N2O/c1-3-16-7-4-13(5-8-16)10-15-12(2)14-6-9-17-11-14/h12-15H,3-11H2,1-2H3. The van der Waals surface area contributed by atoms with Crippen molar-refractivity contribution in [2.24, 2.45) is 11.8 Å². The van der Waals surface area contributed by atoms with Gasteiger partial charge in [0.25, 0.3) is 0 Å². The number of hydrogen-bond donors (Lipinski definition) is 1. The SMILES string of the molecule is CCN1CCC(CNC(C)C2CCOC2)CC1. The van der Waals surface area contributed by atoms with Gasteiger partial charge in [-0.2, -0.15) is 0 Å². The van der Waals surface area contributed by atoms with Gasteiger partial charge >= 0.3 is 0 Å². The lowest BCUT2D eigenvalue weighted by Gasteiger charge is -2.32. The van der Waals surface area contributed by atoms with Gasteiger partial charge in [0.1, 0.15) is 0 Å². The minimum atomic E-state index is 0.627. The molecule has 0 saturated carbocycles. The first-order valence-corrected chi connectivity index (χ1v) is 7.33. The number of likely N-dealkylation sites (tertiary alicyclic amines) is 1. The van der Waals surface area contributed by atoms with Crippen LogP contribution in [0, 0.1) is 11.8 Å². The summed E-state index contributed by atoms with van der Waals surface area (Å²) in [5.41, 5.74) is 0. The minimum Gasteiger partial charge on any atom is -0.381 e. The van der Waals surface area contributed by atoms with Crippen molar-refractivity contribution in [1.29, 1.82) is 0 Å². The molecule has 2 heterocycles. The maximum Gasteiger partial charge on any atom is 0.0509 e. The highest BCUT2D eigenvalue weighted by molar-refractivity contribution is 4.79. The molecule has 0 aromatic heterocycles. The molecule has 0 radical (unpaired) electrons. The van der Waals surface area contributed by atoms with Crippen LogP contribution in [0.4, 0.5) is 0 Å². The van der Waals surface area contributed by atoms with E-state index in [0.29, 0.717) is 6.04 Å². The van der Waals surface area contributed by atoms with Gasteiger partial charge in [-0.15, -0.1) is 0 Å². The smallest absolute Gasteiger partial charge is 0.0509 e. The third-order valence-electron chi connectivity index (χ3n) is 4.55. The Hall–Kier alpha value is -0.120. The molecule has 0 aromatic rings. The second-order valence-corrected chi connectivity index (χ2v) is 5.70. The first-order valence-electron chi connectivity index (χ1n) is 7.33. The Morgan fingerprint density at radius 3 is 2.65 bits per heavy atom. The number of piperidine rings is 1. The van der Waals surface area contributed by atoms with Gasteiger partial charge in [0.15, 0.2) is 0 Å². The Bertz CT molecular complexity index is 208. The Balaban J connectivity index is 1.61. The topological polar surface area (TPSA) is 24.5 Å². The van der Waals surface area contributed by atoms with Crippen LogP contribution in [0.3, 0.4) is 0 Å². The highest BCUT2D eigenvalue weighted by Crippen LogP contribution is 2.19. The molecule has 2 saturated heterocycles. The Labute approximate surface area is 106 Å². The lowest BCUT2D eigenvalue weighted by Crippen LogP contribution is -2.41. The molecule has 3 nitrogen and oxygen atoms in total. The van der Waals surface area contributed by atoms with Gasteiger partial charge < -0.3 is 15.0 Å². The van der Waals surface area contributed by atoms with Gasteiger partial charge in [-0.3, -0.25) is 0 Å². The summed E-state index contributed by atoms with van der Waals surface area (Å²) in [6.07, 6.45) is 3.98. The first-order chi connectivity index (χ1) is 8.29. The van der Waals surface area contributed by atoms with Crippen LogP contribution in [0.5, 0.6) is 0 Å². The monoisotopic (exact) mass is 240 g/mol. The molecule has 0 aliphatic carbocycles. The zero-order chi connectivity index (χ0) is 12.1. The summed E-state index contributed by atoms with van der Waals surface area (Å²) < 4.78 is 5.45. The molecule has 1 N–H and O–H groups in total. The number of nitrogens with one attached hydrogen (secondary N) is 1. The van der Waals surface area contributed by atoms with Gasteiger partial charge in [-0.05, 0) is 64.2 Å². The summed E-state index contributed by atoms with van der Waals surface area (Å²) in [7, 11) is 0. The van der Waals surface area contributed by atoms with E-state index >= 15 is 0 Å². The van der Waals surface area contributed by atoms with Crippen LogP contribution in [0.15, 0.2) is 0 Å². The molecule has 100 valence electrons. The van der Waals surface area contributed by atoms with Crippen molar-refractivity contribution in [3.05, 3.63) is 0 Å². The zero-order valence-corrected chi connectivity index (χ0v) is 11.5. The Morgan fingerprint density at radius 2 is 2.06 bits per heavy atom. The molecule has 2 aliphatic heterocycles. The fourth-order valence-corrected chi connectivity index (χ4v) is 2.97. The zero-order valence-electron chi connectivity index (χ0n) is 11.5. The summed E-state index contributed by atoms with van der Waals surface area (Å²) in [6.45, 7) is 11.5. The van der Waals surface area contributed by atoms with E-state index in [9.17, 15) is 0 Å². The average molecular weight is 240 g/mol. The van der Waals surface area contributed by atoms with Crippen molar-refractivity contribution >= 4 is 0 Å². The molecule has 17 heavy (non-hydrogen) atoms. The van der Waals surface area contributed by atoms with E-state index in [2.05, 4.69) is 24.1 Å². The van der Waals surface area contributed by atoms with Gasteiger partial charge in [-0.25, -0.2) is 0 Å². The van der Waals surface area contributed by atoms with Crippen LogP contribution in [-0.4, -0.2) is 50.3 Å². The third-order valence-corrected chi connectivity index (χ3v) is 4.55. The van der Waals surface area contributed by atoms with Crippen LogP contribution in [0.2, 0.25) is 0 Å². The van der Waals surface area contributed by atoms with Crippen LogP contribution in [0.25, 0.3) is 0 Å². The predicted molar refractivity (Wildman–Crippen MR) is 71.2 cm³/mol. The maximum atomic E-state index is 5.45. The van der Waals surface area contributed by atoms with Crippen molar-refractivity contribution in [2.75, 3.05) is 39.4 Å². The van der Waals surface area contributed by atoms with Crippen LogP contribution in [-0.2, 0) is 4.74 Å². The Morgan fingerprint density at radius 1 is 1.29 bits per heavy atom. The summed E-state index contributed by atoms with van der Waals surface area (Å²) in [4.78, 5) is 2.56. The fourth-order valence-electron chi connectivity index (χ4n) is 2.97. The van der Waals surface area contributed by atoms with Gasteiger partial charge in [0.05, 0.1) is 6.61 Å². The van der Waals surface area contributed by atoms with E-state index in [1.54, 1.807) is 0 Å². The van der Waals surface area contributed by atoms with E-state index in [0.717, 1.165) is 25.0 Å². The molecule has 0 amide bonds. The second kappa shape index (κ2) is 6.72. The first kappa shape index (κ1) is 13.3. The normalized spacial score (nSPS) is 29.6. The molecule has 0 bridgehead atoms. The molecule has 2 atom stereocenters. The highest BCUT2D eigenvalue weighted by Gasteiger charge is 2.23. The van der Waals surface area contributed by atoms with E-state index < -0.39 is 0 Å². The molecule has 2 rings (SSSR count). The number of ether oxygens (including phenoxy) is 1. The van der Waals surface area contributed by atoms with E-state index in [4.69, 9.17) is 4.74 Å². The van der Waals surface area contributed by atoms with Crippen molar-refractivity contribution < 1.29 is 4.74 Å². The summed E-state index contributed by atoms with van der Waals surface area (Å²) in [5, 5.41) is 3.73. The van der Waals surface area contributed by atoms with E-state index in [1.165, 1.54) is 45.4 Å². The Kier molecular flexibility index (Phi) is 5.26. The predicted octanol–water partition coefficient (Wildman–Crippen LogP) is 1.73. The summed E-state index contributed by atoms with van der Waals surface area (Å²) in [6, 6.07) is 0.627. The maximum absolute atomic E-state index is 5.45. The van der Waals surface area contributed by atoms with Crippen molar-refractivity contribution in [1.82, 2.24) is 10.2 Å². The van der Waals surface area contributed by atoms with E-state index in [1.807, 2.05) is 0 Å². The summed E-state index contributed by atoms with van der Waals surface area (Å²) in [5.74, 6) is 1.63. The molecular formula is C14H28N2O. The summed E-state index contributed by atoms with van der Waals surface area (Å²) >= 11 is 0. The number of nitrogens with zero attached hydrogens (tertiary/aromatic N) is 1. The van der Waals surface area contributed by atoms with Crippen molar-refractivity contribution in [3.8, 4) is 0 Å². The van der Waals surface area contributed by atoms with Crippen molar-refractivity contribution in [2.45, 2.75) is 39.2 Å². The largest absolute Gasteiger partial charge is 0.381 e. The molecule has 2 aliphatic rings. The van der Waals surface area contributed by atoms with Crippen LogP contribution < -0.4 is 5.32 Å².